The predicted molar refractivity (Wildman–Crippen MR) is 260 cm³/mol. The zero-order chi connectivity index (χ0) is 42.9. The summed E-state index contributed by atoms with van der Waals surface area (Å²) in [5.41, 5.74) is 13.4. The Bertz CT molecular complexity index is 3350. The summed E-state index contributed by atoms with van der Waals surface area (Å²) in [6, 6.07) is 71.3. The molecule has 0 spiro atoms. The van der Waals surface area contributed by atoms with Gasteiger partial charge in [-0.1, -0.05) is 158 Å². The van der Waals surface area contributed by atoms with Crippen LogP contribution >= 0.6 is 0 Å². The molecule has 0 atom stereocenters. The van der Waals surface area contributed by atoms with Gasteiger partial charge in [0.2, 0.25) is 0 Å². The number of hydrogen-bond acceptors (Lipinski definition) is 3. The van der Waals surface area contributed by atoms with Gasteiger partial charge < -0.3 is 14.0 Å². The molecule has 3 heterocycles. The Balaban J connectivity index is 0.000000258. The van der Waals surface area contributed by atoms with Crippen LogP contribution in [0, 0.1) is 17.9 Å². The van der Waals surface area contributed by atoms with Gasteiger partial charge in [-0.05, 0) is 81.0 Å². The van der Waals surface area contributed by atoms with Crippen LogP contribution in [0.3, 0.4) is 0 Å². The van der Waals surface area contributed by atoms with Crippen LogP contribution in [-0.2, 0) is 20.1 Å². The van der Waals surface area contributed by atoms with Crippen molar-refractivity contribution in [3.8, 4) is 61.7 Å². The van der Waals surface area contributed by atoms with Crippen molar-refractivity contribution in [1.29, 1.82) is 0 Å². The molecule has 0 amide bonds. The van der Waals surface area contributed by atoms with E-state index in [0.717, 1.165) is 83.5 Å². The summed E-state index contributed by atoms with van der Waals surface area (Å²) in [5, 5.41) is 3.31. The van der Waals surface area contributed by atoms with Gasteiger partial charge in [0.25, 0.3) is 0 Å². The molecule has 1 radical (unpaired) electrons. The average Bonchev–Trinajstić information content (AvgIpc) is 3.92. The Labute approximate surface area is 387 Å². The smallest absolute Gasteiger partial charge is 0.123 e. The molecule has 0 N–H and O–H groups in total. The number of rotatable bonds is 7. The number of benzene rings is 8. The first-order chi connectivity index (χ1) is 30.8. The Morgan fingerprint density at radius 3 is 1.92 bits per heavy atom. The van der Waals surface area contributed by atoms with Crippen LogP contribution in [0.5, 0.6) is 0 Å². The number of hydrogen-bond donors (Lipinski definition) is 0. The van der Waals surface area contributed by atoms with Gasteiger partial charge in [-0.25, -0.2) is 4.39 Å². The molecule has 0 aliphatic heterocycles. The molecule has 0 bridgehead atoms. The van der Waals surface area contributed by atoms with Gasteiger partial charge in [0, 0.05) is 37.4 Å². The summed E-state index contributed by atoms with van der Waals surface area (Å²) in [4.78, 5) is 9.68. The third-order valence-electron chi connectivity index (χ3n) is 11.4. The fourth-order valence-corrected chi connectivity index (χ4v) is 9.13. The number of furan rings is 1. The normalized spacial score (nSPS) is 11.3. The number of aromatic nitrogens is 3. The van der Waals surface area contributed by atoms with E-state index in [4.69, 9.17) is 9.40 Å². The van der Waals surface area contributed by atoms with Crippen molar-refractivity contribution in [3.05, 3.63) is 218 Å². The number of pyridine rings is 1. The molecule has 0 aliphatic carbocycles. The molecular weight excluding hydrogens is 982 g/mol. The van der Waals surface area contributed by atoms with Crippen LogP contribution in [0.25, 0.3) is 94.7 Å². The molecule has 0 saturated carbocycles. The molecule has 7 heteroatoms. The summed E-state index contributed by atoms with van der Waals surface area (Å²) in [7, 11) is -1.23. The van der Waals surface area contributed by atoms with E-state index in [1.165, 1.54) is 22.9 Å². The molecule has 313 valence electrons. The molecule has 4 nitrogen and oxygen atoms in total. The largest absolute Gasteiger partial charge is 0.500 e. The maximum absolute atomic E-state index is 14.0. The maximum atomic E-state index is 14.0. The molecule has 0 unspecified atom stereocenters. The standard InChI is InChI=1S/C43H26FN2O.C14H16NSi.Ir/c44-33-20-15-31(16-21-33)35-25-26-37(42-41(35)36-24-19-32(27-40(36)47-42)29-11-5-2-6-12-29)43-45-38-13-7-8-14-39(38)46(43)34-22-17-30(18-23-34)28-9-3-1-4-10-28;1-16(2,3)13-9-10-14(15-11-13)12-7-5-4-6-8-12;/h1-25,27H;4-7,9-11H,1-3H3;/q2*-1;. The fraction of sp³-hybridized carbons (Fsp3) is 0.0526. The van der Waals surface area contributed by atoms with Gasteiger partial charge in [-0.15, -0.1) is 48.0 Å². The van der Waals surface area contributed by atoms with E-state index in [9.17, 15) is 4.39 Å². The third kappa shape index (κ3) is 8.41. The van der Waals surface area contributed by atoms with E-state index in [-0.39, 0.29) is 25.9 Å². The van der Waals surface area contributed by atoms with Crippen molar-refractivity contribution < 1.29 is 28.9 Å². The molecule has 11 rings (SSSR count). The second-order valence-electron chi connectivity index (χ2n) is 16.6. The summed E-state index contributed by atoms with van der Waals surface area (Å²) in [6.45, 7) is 7.00. The molecular formula is C57H42FIrN3OSi-2. The first-order valence-electron chi connectivity index (χ1n) is 21.1. The van der Waals surface area contributed by atoms with Crippen LogP contribution in [0.1, 0.15) is 0 Å². The van der Waals surface area contributed by atoms with E-state index in [0.29, 0.717) is 5.58 Å². The fourth-order valence-electron chi connectivity index (χ4n) is 8.09. The van der Waals surface area contributed by atoms with Crippen molar-refractivity contribution in [1.82, 2.24) is 14.5 Å². The van der Waals surface area contributed by atoms with Gasteiger partial charge in [0.15, 0.2) is 0 Å². The quantitative estimate of drug-likeness (QED) is 0.118. The first kappa shape index (κ1) is 42.3. The Morgan fingerprint density at radius 1 is 0.609 bits per heavy atom. The van der Waals surface area contributed by atoms with Crippen molar-refractivity contribution in [2.75, 3.05) is 0 Å². The monoisotopic (exact) mass is 1020 g/mol. The van der Waals surface area contributed by atoms with E-state index < -0.39 is 8.07 Å². The number of imidazole rings is 1. The zero-order valence-electron chi connectivity index (χ0n) is 35.5. The van der Waals surface area contributed by atoms with E-state index in [1.807, 2.05) is 79.0 Å². The van der Waals surface area contributed by atoms with Gasteiger partial charge in [-0.2, -0.15) is 0 Å². The molecule has 64 heavy (non-hydrogen) atoms. The van der Waals surface area contributed by atoms with Crippen molar-refractivity contribution in [3.63, 3.8) is 0 Å². The Hall–Kier alpha value is -7.02. The minimum Gasteiger partial charge on any atom is -0.500 e. The predicted octanol–water partition coefficient (Wildman–Crippen LogP) is 14.6. The van der Waals surface area contributed by atoms with Crippen LogP contribution in [0.15, 0.2) is 205 Å². The van der Waals surface area contributed by atoms with Crippen molar-refractivity contribution >= 4 is 46.2 Å². The third-order valence-corrected chi connectivity index (χ3v) is 13.5. The van der Waals surface area contributed by atoms with Crippen LogP contribution in [0.4, 0.5) is 4.39 Å². The second-order valence-corrected chi connectivity index (χ2v) is 21.7. The maximum Gasteiger partial charge on any atom is 0.123 e. The SMILES string of the molecule is C[Si](C)(C)c1ccc(-c2[c-]cccc2)nc1.Fc1ccc(-c2c[c-]c(-c3nc4ccccc4n3-c3ccc(-c4ccccc4)cc3)c3oc4cc(-c5ccccc5)ccc4c23)cc1.[Ir]. The number of nitrogens with zero attached hydrogens (tertiary/aromatic N) is 3. The average molecular weight is 1020 g/mol. The minimum atomic E-state index is -1.23. The molecule has 0 saturated heterocycles. The van der Waals surface area contributed by atoms with Crippen LogP contribution < -0.4 is 5.19 Å². The summed E-state index contributed by atoms with van der Waals surface area (Å²) in [5.74, 6) is 0.457. The topological polar surface area (TPSA) is 43.9 Å². The van der Waals surface area contributed by atoms with E-state index >= 15 is 0 Å². The molecule has 8 aromatic carbocycles. The number of para-hydroxylation sites is 2. The van der Waals surface area contributed by atoms with Crippen LogP contribution in [-0.4, -0.2) is 22.6 Å². The Kier molecular flexibility index (Phi) is 11.9. The summed E-state index contributed by atoms with van der Waals surface area (Å²) < 4.78 is 23.0. The van der Waals surface area contributed by atoms with Gasteiger partial charge in [0.1, 0.15) is 11.4 Å². The van der Waals surface area contributed by atoms with Crippen molar-refractivity contribution in [2.45, 2.75) is 19.6 Å². The Morgan fingerprint density at radius 2 is 1.25 bits per heavy atom. The van der Waals surface area contributed by atoms with Gasteiger partial charge >= 0.3 is 0 Å². The number of fused-ring (bicyclic) bond motifs is 4. The van der Waals surface area contributed by atoms with E-state index in [1.54, 1.807) is 12.1 Å². The van der Waals surface area contributed by atoms with Gasteiger partial charge in [0.05, 0.1) is 30.5 Å². The number of halogens is 1. The first-order valence-corrected chi connectivity index (χ1v) is 24.6. The van der Waals surface area contributed by atoms with E-state index in [2.05, 4.69) is 138 Å². The summed E-state index contributed by atoms with van der Waals surface area (Å²) >= 11 is 0. The molecule has 0 fully saturated rings. The molecule has 11 aromatic rings. The molecule has 3 aromatic heterocycles. The van der Waals surface area contributed by atoms with Crippen LogP contribution in [0.2, 0.25) is 19.6 Å². The zero-order valence-corrected chi connectivity index (χ0v) is 38.9. The minimum absolute atomic E-state index is 0. The van der Waals surface area contributed by atoms with Crippen molar-refractivity contribution in [2.24, 2.45) is 0 Å². The second kappa shape index (κ2) is 18.0. The summed E-state index contributed by atoms with van der Waals surface area (Å²) in [6.07, 6.45) is 2.02. The van der Waals surface area contributed by atoms with Gasteiger partial charge in [-0.3, -0.25) is 4.98 Å². The molecule has 0 aliphatic rings.